The fraction of sp³-hybridized carbons (Fsp3) is 0.0532. The molecule has 0 saturated carbocycles. The van der Waals surface area contributed by atoms with Gasteiger partial charge in [-0.15, -0.1) is 0 Å². The third-order valence-electron chi connectivity index (χ3n) is 19.7. The van der Waals surface area contributed by atoms with Crippen molar-refractivity contribution < 1.29 is 76.6 Å². The quantitative estimate of drug-likeness (QED) is 0.0349. The molecule has 11 aromatic carbocycles. The molecule has 0 spiro atoms. The molecule has 0 unspecified atom stereocenters. The highest BCUT2D eigenvalue weighted by Crippen LogP contribution is 2.44. The summed E-state index contributed by atoms with van der Waals surface area (Å²) in [7, 11) is -23.5. The molecular formula is C94H72Cl3F5N14O13S6. The normalized spacial score (nSPS) is 12.2. The van der Waals surface area contributed by atoms with Crippen LogP contribution in [0.2, 0.25) is 15.1 Å². The maximum atomic E-state index is 13.9. The molecule has 0 saturated heterocycles. The van der Waals surface area contributed by atoms with Gasteiger partial charge in [0.1, 0.15) is 37.0 Å². The summed E-state index contributed by atoms with van der Waals surface area (Å²) >= 11 is 17.5. The summed E-state index contributed by atoms with van der Waals surface area (Å²) < 4.78 is 234. The van der Waals surface area contributed by atoms with Gasteiger partial charge in [-0.25, -0.2) is 55.6 Å². The van der Waals surface area contributed by atoms with Crippen LogP contribution in [0.1, 0.15) is 27.8 Å². The van der Waals surface area contributed by atoms with Crippen molar-refractivity contribution >= 4 is 200 Å². The summed E-state index contributed by atoms with van der Waals surface area (Å²) in [5.74, 6) is -1.13. The Morgan fingerprint density at radius 2 is 0.800 bits per heavy atom. The van der Waals surface area contributed by atoms with Crippen molar-refractivity contribution in [2.24, 2.45) is 0 Å². The van der Waals surface area contributed by atoms with Crippen LogP contribution in [0.25, 0.3) is 76.5 Å². The molecule has 0 atom stereocenters. The summed E-state index contributed by atoms with van der Waals surface area (Å²) in [6, 6.07) is 69.3. The van der Waals surface area contributed by atoms with Gasteiger partial charge in [0.25, 0.3) is 50.1 Å². The number of hydrogen-bond acceptors (Lipinski definition) is 21. The predicted molar refractivity (Wildman–Crippen MR) is 516 cm³/mol. The molecule has 0 aliphatic carbocycles. The number of nitrogens with zero attached hydrogens (tertiary/aromatic N) is 7. The molecule has 8 N–H and O–H groups in total. The summed E-state index contributed by atoms with van der Waals surface area (Å²) in [6.07, 6.45) is 8.07. The number of benzene rings is 11. The van der Waals surface area contributed by atoms with Gasteiger partial charge in [-0.3, -0.25) is 58.5 Å². The zero-order chi connectivity index (χ0) is 96.5. The van der Waals surface area contributed by atoms with E-state index in [2.05, 4.69) is 63.2 Å². The van der Waals surface area contributed by atoms with Crippen LogP contribution < -0.4 is 38.2 Å². The van der Waals surface area contributed by atoms with Gasteiger partial charge in [-0.05, 0) is 214 Å². The lowest BCUT2D eigenvalue weighted by Gasteiger charge is -2.22. The van der Waals surface area contributed by atoms with E-state index in [9.17, 15) is 72.5 Å². The lowest BCUT2D eigenvalue weighted by Crippen LogP contribution is -2.19. The number of nitrogens with one attached hydrogen (secondary N) is 6. The monoisotopic (exact) mass is 2000 g/mol. The van der Waals surface area contributed by atoms with E-state index in [-0.39, 0.29) is 41.9 Å². The first-order chi connectivity index (χ1) is 64.1. The van der Waals surface area contributed by atoms with Gasteiger partial charge in [0.05, 0.1) is 88.4 Å². The van der Waals surface area contributed by atoms with E-state index < -0.39 is 99.3 Å². The zero-order valence-corrected chi connectivity index (χ0v) is 77.7. The number of para-hydroxylation sites is 6. The predicted octanol–water partition coefficient (Wildman–Crippen LogP) is 21.6. The molecule has 27 nitrogen and oxygen atoms in total. The Bertz CT molecular complexity index is 8220. The van der Waals surface area contributed by atoms with E-state index in [4.69, 9.17) is 44.7 Å². The van der Waals surface area contributed by atoms with Crippen LogP contribution in [0.3, 0.4) is 0 Å². The number of aromatic nitrogens is 7. The zero-order valence-electron chi connectivity index (χ0n) is 70.5. The molecule has 0 bridgehead atoms. The van der Waals surface area contributed by atoms with Gasteiger partial charge in [0.15, 0.2) is 0 Å². The van der Waals surface area contributed by atoms with E-state index in [0.717, 1.165) is 78.8 Å². The van der Waals surface area contributed by atoms with Crippen molar-refractivity contribution in [1.29, 1.82) is 0 Å². The summed E-state index contributed by atoms with van der Waals surface area (Å²) in [6.45, 7) is 7.62. The third-order valence-corrected chi connectivity index (χ3v) is 28.5. The third kappa shape index (κ3) is 23.5. The van der Waals surface area contributed by atoms with Gasteiger partial charge >= 0.3 is 16.5 Å². The Morgan fingerprint density at radius 3 is 1.27 bits per heavy atom. The molecule has 1 aliphatic heterocycles. The van der Waals surface area contributed by atoms with Gasteiger partial charge in [-0.2, -0.15) is 21.6 Å². The maximum absolute atomic E-state index is 13.9. The Morgan fingerprint density at radius 1 is 0.378 bits per heavy atom. The SMILES string of the molecule is Cc1cnc2c(NS(=O)(=O)c3ccc(C(F)(F)F)cc3N)cccc2c1.Cc1cnc2c(NS(=O)(=O)c3ccc(Cl)cc3Cl)cccc2c1.Cc1cnc2c(NS(=O)(=O)c3ccc(Cl)cc3F)cccc2c1.Cc1cnc2c(NS(=O)(=O)c3cccnc3)cccc2c1.O=S(=O)(Nc1cccc2cccnc12)Oc1ccccc1.O=S1(=O)Nc2c(ccc3cccnc23)-c2cc(F)ccc21. The van der Waals surface area contributed by atoms with E-state index >= 15 is 0 Å². The van der Waals surface area contributed by atoms with Crippen LogP contribution in [-0.4, -0.2) is 85.4 Å². The molecule has 41 heteroatoms. The van der Waals surface area contributed by atoms with Crippen LogP contribution in [0.4, 0.5) is 61.8 Å². The van der Waals surface area contributed by atoms with Crippen molar-refractivity contribution in [1.82, 2.24) is 34.9 Å². The van der Waals surface area contributed by atoms with Gasteiger partial charge < -0.3 is 9.92 Å². The van der Waals surface area contributed by atoms with Crippen molar-refractivity contribution in [3.63, 3.8) is 0 Å². The minimum absolute atomic E-state index is 0.0346. The second kappa shape index (κ2) is 40.2. The lowest BCUT2D eigenvalue weighted by molar-refractivity contribution is -0.137. The number of nitrogen functional groups attached to an aromatic ring is 1. The standard InChI is InChI=1S/C17H14F3N3O2S.C16H12Cl2N2O2S.C16H12ClFN2O2S.C15H9FN2O2S.C15H13N3O2S.C15H12N2O3S/c1-10-7-11-3-2-4-14(16(11)22-9-10)23-26(24,25)15-6-5-12(8-13(15)21)17(18,19)20;2*1-10-7-11-3-2-4-14(16(11)19-9-10)20-23(21,22)15-6-5-12(17)8-13(15)18;16-10-4-6-13-12(8-10)11-5-3-9-2-1-7-17-14(9)15(11)18-21(13,19)20;1-11-8-12-4-2-6-14(15(12)17-9-11)18-21(19,20)13-5-3-7-16-10-13;18-21(19,20-13-8-2-1-3-9-13)17-14-10-4-6-12-7-5-11-16-15(12)14/h2-9,23H,21H2,1H3;2*2-9,20H,1H3;1-8,18H;2-10,18H,1H3;1-11,17H. The summed E-state index contributed by atoms with van der Waals surface area (Å²) in [5.41, 5.74) is 14.3. The van der Waals surface area contributed by atoms with Crippen molar-refractivity contribution in [3.05, 3.63) is 371 Å². The molecule has 8 heterocycles. The first kappa shape index (κ1) is 96.7. The molecule has 688 valence electrons. The fourth-order valence-corrected chi connectivity index (χ4v) is 21.1. The summed E-state index contributed by atoms with van der Waals surface area (Å²) in [4.78, 5) is 28.6. The minimum atomic E-state index is -4.61. The molecule has 1 aliphatic rings. The smallest absolute Gasteiger partial charge is 0.398 e. The van der Waals surface area contributed by atoms with Crippen molar-refractivity contribution in [2.45, 2.75) is 58.3 Å². The second-order valence-electron chi connectivity index (χ2n) is 29.7. The van der Waals surface area contributed by atoms with Gasteiger partial charge in [0.2, 0.25) is 0 Å². The summed E-state index contributed by atoms with van der Waals surface area (Å²) in [5, 5.41) is 5.49. The average Bonchev–Trinajstić information content (AvgIpc) is 0.734. The van der Waals surface area contributed by atoms with Crippen LogP contribution in [0, 0.1) is 39.3 Å². The number of pyridine rings is 7. The Hall–Kier alpha value is -14.4. The van der Waals surface area contributed by atoms with E-state index in [0.29, 0.717) is 84.1 Å². The lowest BCUT2D eigenvalue weighted by atomic mass is 10.0. The molecule has 18 aromatic rings. The van der Waals surface area contributed by atoms with Crippen molar-refractivity contribution in [2.75, 3.05) is 34.1 Å². The molecular weight excluding hydrogens is 1930 g/mol. The highest BCUT2D eigenvalue weighted by molar-refractivity contribution is 7.94. The molecule has 135 heavy (non-hydrogen) atoms. The number of aryl methyl sites for hydroxylation is 4. The number of hydrogen-bond donors (Lipinski definition) is 7. The highest BCUT2D eigenvalue weighted by Gasteiger charge is 2.34. The van der Waals surface area contributed by atoms with Gasteiger partial charge in [-0.1, -0.05) is 138 Å². The Kier molecular flexibility index (Phi) is 28.8. The molecule has 0 fully saturated rings. The molecule has 7 aromatic heterocycles. The number of fused-ring (bicyclic) bond motifs is 10. The van der Waals surface area contributed by atoms with E-state index in [1.807, 2.05) is 94.4 Å². The fourth-order valence-electron chi connectivity index (χ4n) is 13.6. The number of nitrogens with two attached hydrogens (primary N) is 1. The molecule has 0 radical (unpaired) electrons. The Balaban J connectivity index is 0.000000130. The second-order valence-corrected chi connectivity index (χ2v) is 40.6. The molecule has 19 rings (SSSR count). The topological polar surface area (TPSA) is 402 Å². The van der Waals surface area contributed by atoms with E-state index in [1.165, 1.54) is 60.9 Å². The van der Waals surface area contributed by atoms with Crippen LogP contribution in [-0.2, 0) is 66.6 Å². The first-order valence-corrected chi connectivity index (χ1v) is 49.6. The number of anilines is 7. The average molecular weight is 2000 g/mol. The number of alkyl halides is 3. The van der Waals surface area contributed by atoms with Crippen LogP contribution >= 0.6 is 34.8 Å². The van der Waals surface area contributed by atoms with Gasteiger partial charge in [0, 0.05) is 103 Å². The highest BCUT2D eigenvalue weighted by atomic mass is 35.5. The maximum Gasteiger partial charge on any atom is 0.416 e. The number of sulfonamides is 5. The van der Waals surface area contributed by atoms with Crippen LogP contribution in [0.15, 0.2) is 341 Å². The largest absolute Gasteiger partial charge is 0.416 e. The Labute approximate surface area is 786 Å². The van der Waals surface area contributed by atoms with Crippen LogP contribution in [0.5, 0.6) is 5.75 Å². The number of rotatable bonds is 16. The van der Waals surface area contributed by atoms with E-state index in [1.54, 1.807) is 152 Å². The number of halogens is 8. The van der Waals surface area contributed by atoms with Crippen molar-refractivity contribution in [3.8, 4) is 16.9 Å². The minimum Gasteiger partial charge on any atom is -0.398 e. The first-order valence-electron chi connectivity index (χ1n) is 39.7. The molecule has 0 amide bonds.